The average Bonchev–Trinajstić information content (AvgIpc) is 3.59. The minimum atomic E-state index is -4.58. The maximum absolute atomic E-state index is 12.9. The van der Waals surface area contributed by atoms with Crippen molar-refractivity contribution in [2.75, 3.05) is 6.54 Å². The molecule has 0 saturated heterocycles. The average molecular weight is 449 g/mol. The number of halogens is 6. The molecular formula is C19H21F6N5O. The summed E-state index contributed by atoms with van der Waals surface area (Å²) >= 11 is 0. The van der Waals surface area contributed by atoms with E-state index in [0.717, 1.165) is 42.5 Å². The molecule has 2 aromatic heterocycles. The van der Waals surface area contributed by atoms with Crippen molar-refractivity contribution in [3.63, 3.8) is 0 Å². The van der Waals surface area contributed by atoms with E-state index >= 15 is 0 Å². The van der Waals surface area contributed by atoms with Gasteiger partial charge in [-0.3, -0.25) is 14.2 Å². The SMILES string of the molecule is O=C(Cn1nc(C(F)(F)F)cc1C1CC1)NCCCn1nc(C(F)(F)F)cc1C1CC1. The van der Waals surface area contributed by atoms with Crippen molar-refractivity contribution < 1.29 is 31.1 Å². The third-order valence-corrected chi connectivity index (χ3v) is 5.36. The van der Waals surface area contributed by atoms with Crippen LogP contribution in [0.1, 0.15) is 66.7 Å². The summed E-state index contributed by atoms with van der Waals surface area (Å²) in [6.07, 6.45) is -5.58. The van der Waals surface area contributed by atoms with Gasteiger partial charge in [0.1, 0.15) is 6.54 Å². The van der Waals surface area contributed by atoms with E-state index in [2.05, 4.69) is 15.5 Å². The first-order valence-corrected chi connectivity index (χ1v) is 10.1. The second-order valence-electron chi connectivity index (χ2n) is 8.04. The minimum absolute atomic E-state index is 0.0140. The van der Waals surface area contributed by atoms with Crippen molar-refractivity contribution in [1.29, 1.82) is 0 Å². The number of carbonyl (C=O) groups is 1. The number of hydrogen-bond donors (Lipinski definition) is 1. The van der Waals surface area contributed by atoms with Crippen molar-refractivity contribution >= 4 is 5.91 Å². The second-order valence-corrected chi connectivity index (χ2v) is 8.04. The zero-order valence-electron chi connectivity index (χ0n) is 16.4. The number of alkyl halides is 6. The van der Waals surface area contributed by atoms with Crippen LogP contribution in [-0.2, 0) is 30.2 Å². The molecule has 31 heavy (non-hydrogen) atoms. The largest absolute Gasteiger partial charge is 0.435 e. The molecule has 0 radical (unpaired) electrons. The van der Waals surface area contributed by atoms with Gasteiger partial charge in [-0.05, 0) is 44.2 Å². The maximum atomic E-state index is 12.9. The summed E-state index contributed by atoms with van der Waals surface area (Å²) in [5, 5.41) is 9.77. The smallest absolute Gasteiger partial charge is 0.354 e. The van der Waals surface area contributed by atoms with Gasteiger partial charge < -0.3 is 5.32 Å². The zero-order chi connectivity index (χ0) is 22.4. The van der Waals surface area contributed by atoms with Crippen LogP contribution in [0.15, 0.2) is 12.1 Å². The lowest BCUT2D eigenvalue weighted by Gasteiger charge is -2.09. The normalized spacial score (nSPS) is 17.2. The van der Waals surface area contributed by atoms with Gasteiger partial charge in [0.05, 0.1) is 0 Å². The van der Waals surface area contributed by atoms with Crippen molar-refractivity contribution in [3.8, 4) is 0 Å². The molecule has 6 nitrogen and oxygen atoms in total. The van der Waals surface area contributed by atoms with Crippen LogP contribution in [0.4, 0.5) is 26.3 Å². The van der Waals surface area contributed by atoms with Gasteiger partial charge in [-0.2, -0.15) is 36.5 Å². The summed E-state index contributed by atoms with van der Waals surface area (Å²) in [7, 11) is 0. The summed E-state index contributed by atoms with van der Waals surface area (Å²) in [6.45, 7) is 0.0288. The Bertz CT molecular complexity index is 952. The van der Waals surface area contributed by atoms with Crippen LogP contribution < -0.4 is 5.32 Å². The quantitative estimate of drug-likeness (QED) is 0.488. The number of amides is 1. The molecular weight excluding hydrogens is 428 g/mol. The highest BCUT2D eigenvalue weighted by atomic mass is 19.4. The molecule has 2 saturated carbocycles. The number of aryl methyl sites for hydroxylation is 1. The Morgan fingerprint density at radius 2 is 1.39 bits per heavy atom. The predicted octanol–water partition coefficient (Wildman–Crippen LogP) is 4.08. The van der Waals surface area contributed by atoms with E-state index in [1.807, 2.05) is 0 Å². The highest BCUT2D eigenvalue weighted by Crippen LogP contribution is 2.43. The van der Waals surface area contributed by atoms with E-state index in [-0.39, 0.29) is 31.5 Å². The molecule has 0 bridgehead atoms. The Morgan fingerprint density at radius 1 is 0.903 bits per heavy atom. The monoisotopic (exact) mass is 449 g/mol. The zero-order valence-corrected chi connectivity index (χ0v) is 16.4. The molecule has 0 aliphatic heterocycles. The van der Waals surface area contributed by atoms with Gasteiger partial charge in [0.25, 0.3) is 0 Å². The summed E-state index contributed by atoms with van der Waals surface area (Å²) in [5.41, 5.74) is -1.00. The molecule has 0 unspecified atom stereocenters. The number of aromatic nitrogens is 4. The highest BCUT2D eigenvalue weighted by molar-refractivity contribution is 5.75. The summed E-state index contributed by atoms with van der Waals surface area (Å²) < 4.78 is 80.0. The van der Waals surface area contributed by atoms with Gasteiger partial charge in [0.15, 0.2) is 11.4 Å². The van der Waals surface area contributed by atoms with Crippen LogP contribution >= 0.6 is 0 Å². The Balaban J connectivity index is 1.31. The molecule has 12 heteroatoms. The first-order chi connectivity index (χ1) is 14.5. The number of rotatable bonds is 8. The highest BCUT2D eigenvalue weighted by Gasteiger charge is 2.39. The molecule has 2 aliphatic rings. The van der Waals surface area contributed by atoms with Gasteiger partial charge in [-0.15, -0.1) is 0 Å². The molecule has 1 amide bonds. The van der Waals surface area contributed by atoms with Crippen molar-refractivity contribution in [2.45, 2.75) is 69.4 Å². The minimum Gasteiger partial charge on any atom is -0.354 e. The lowest BCUT2D eigenvalue weighted by Crippen LogP contribution is -2.30. The van der Waals surface area contributed by atoms with Crippen LogP contribution in [0.2, 0.25) is 0 Å². The third-order valence-electron chi connectivity index (χ3n) is 5.36. The number of nitrogens with zero attached hydrogens (tertiary/aromatic N) is 4. The van der Waals surface area contributed by atoms with Crippen LogP contribution in [0.3, 0.4) is 0 Å². The lowest BCUT2D eigenvalue weighted by atomic mass is 10.2. The molecule has 170 valence electrons. The van der Waals surface area contributed by atoms with E-state index in [0.29, 0.717) is 17.8 Å². The van der Waals surface area contributed by atoms with Crippen LogP contribution in [0, 0.1) is 0 Å². The van der Waals surface area contributed by atoms with Gasteiger partial charge in [-0.1, -0.05) is 0 Å². The standard InChI is InChI=1S/C19H21F6N5O/c20-18(21,22)15-8-13(11-2-3-11)29(27-15)7-1-6-26-17(31)10-30-14(12-4-5-12)9-16(28-30)19(23,24)25/h8-9,11-12H,1-7,10H2,(H,26,31). The van der Waals surface area contributed by atoms with E-state index in [1.54, 1.807) is 0 Å². The van der Waals surface area contributed by atoms with Gasteiger partial charge in [-0.25, -0.2) is 0 Å². The third kappa shape index (κ3) is 5.21. The fourth-order valence-corrected chi connectivity index (χ4v) is 3.51. The topological polar surface area (TPSA) is 64.7 Å². The lowest BCUT2D eigenvalue weighted by molar-refractivity contribution is -0.142. The van der Waals surface area contributed by atoms with Gasteiger partial charge in [0, 0.05) is 36.3 Å². The van der Waals surface area contributed by atoms with E-state index in [4.69, 9.17) is 0 Å². The number of nitrogens with one attached hydrogen (secondary N) is 1. The number of carbonyl (C=O) groups excluding carboxylic acids is 1. The molecule has 0 atom stereocenters. The van der Waals surface area contributed by atoms with Crippen LogP contribution in [0.25, 0.3) is 0 Å². The number of hydrogen-bond acceptors (Lipinski definition) is 3. The Kier molecular flexibility index (Phi) is 5.50. The Morgan fingerprint density at radius 3 is 1.87 bits per heavy atom. The van der Waals surface area contributed by atoms with Crippen LogP contribution in [0.5, 0.6) is 0 Å². The molecule has 0 aromatic carbocycles. The molecule has 2 aliphatic carbocycles. The fourth-order valence-electron chi connectivity index (χ4n) is 3.51. The summed E-state index contributed by atoms with van der Waals surface area (Å²) in [5.74, 6) is -0.431. The van der Waals surface area contributed by atoms with Crippen molar-refractivity contribution in [3.05, 3.63) is 34.9 Å². The van der Waals surface area contributed by atoms with E-state index in [9.17, 15) is 31.1 Å². The maximum Gasteiger partial charge on any atom is 0.435 e. The first kappa shape index (κ1) is 21.7. The molecule has 1 N–H and O–H groups in total. The second kappa shape index (κ2) is 7.86. The van der Waals surface area contributed by atoms with Crippen LogP contribution in [-0.4, -0.2) is 32.0 Å². The summed E-state index contributed by atoms with van der Waals surface area (Å²) in [4.78, 5) is 12.2. The van der Waals surface area contributed by atoms with Crippen molar-refractivity contribution in [2.24, 2.45) is 0 Å². The van der Waals surface area contributed by atoms with E-state index < -0.39 is 29.6 Å². The molecule has 0 spiro atoms. The predicted molar refractivity (Wildman–Crippen MR) is 96.0 cm³/mol. The van der Waals surface area contributed by atoms with Gasteiger partial charge >= 0.3 is 12.4 Å². The van der Waals surface area contributed by atoms with Gasteiger partial charge in [0.2, 0.25) is 5.91 Å². The molecule has 2 heterocycles. The first-order valence-electron chi connectivity index (χ1n) is 10.1. The Labute approximate surface area is 173 Å². The molecule has 4 rings (SSSR count). The van der Waals surface area contributed by atoms with Crippen molar-refractivity contribution in [1.82, 2.24) is 24.9 Å². The Hall–Kier alpha value is -2.53. The summed E-state index contributed by atoms with van der Waals surface area (Å²) in [6, 6.07) is 2.06. The van der Waals surface area contributed by atoms with E-state index in [1.165, 1.54) is 4.68 Å². The molecule has 2 aromatic rings. The molecule has 2 fully saturated rings. The fraction of sp³-hybridized carbons (Fsp3) is 0.632.